The van der Waals surface area contributed by atoms with Crippen molar-refractivity contribution in [3.05, 3.63) is 65.9 Å². The van der Waals surface area contributed by atoms with Crippen molar-refractivity contribution >= 4 is 28.5 Å². The lowest BCUT2D eigenvalue weighted by atomic mass is 10.1. The van der Waals surface area contributed by atoms with Crippen LogP contribution in [0.4, 0.5) is 5.69 Å². The number of rotatable bonds is 9. The molecule has 0 spiro atoms. The van der Waals surface area contributed by atoms with Crippen molar-refractivity contribution in [1.82, 2.24) is 20.5 Å². The molecule has 0 fully saturated rings. The van der Waals surface area contributed by atoms with Gasteiger partial charge in [0.2, 0.25) is 5.91 Å². The molecular weight excluding hydrogens is 388 g/mol. The van der Waals surface area contributed by atoms with Crippen LogP contribution in [0.25, 0.3) is 10.9 Å². The molecule has 1 aromatic heterocycles. The number of aliphatic imine (C=N–C) groups is 1. The minimum Gasteiger partial charge on any atom is -0.361 e. The molecule has 164 valence electrons. The fraction of sp³-hybridized carbons (Fsp3) is 0.333. The minimum atomic E-state index is -0.0297. The summed E-state index contributed by atoms with van der Waals surface area (Å²) in [6.07, 6.45) is 2.98. The number of hydrogen-bond acceptors (Lipinski definition) is 3. The Labute approximate surface area is 183 Å². The van der Waals surface area contributed by atoms with Crippen molar-refractivity contribution in [2.24, 2.45) is 4.99 Å². The maximum absolute atomic E-state index is 12.0. The maximum Gasteiger partial charge on any atom is 0.238 e. The van der Waals surface area contributed by atoms with Gasteiger partial charge in [0.15, 0.2) is 5.96 Å². The van der Waals surface area contributed by atoms with Crippen LogP contribution in [0.15, 0.2) is 59.7 Å². The Balaban J connectivity index is 1.56. The zero-order chi connectivity index (χ0) is 22.1. The molecule has 31 heavy (non-hydrogen) atoms. The fourth-order valence-corrected chi connectivity index (χ4v) is 3.40. The van der Waals surface area contributed by atoms with Crippen molar-refractivity contribution in [2.75, 3.05) is 39.0 Å². The molecule has 7 nitrogen and oxygen atoms in total. The van der Waals surface area contributed by atoms with E-state index in [1.807, 2.05) is 49.3 Å². The van der Waals surface area contributed by atoms with Crippen molar-refractivity contribution in [2.45, 2.75) is 19.9 Å². The molecule has 0 aliphatic carbocycles. The molecule has 3 aromatic rings. The van der Waals surface area contributed by atoms with E-state index in [2.05, 4.69) is 52.3 Å². The van der Waals surface area contributed by atoms with Gasteiger partial charge in [-0.25, -0.2) is 4.99 Å². The highest BCUT2D eigenvalue weighted by atomic mass is 16.2. The first-order valence-electron chi connectivity index (χ1n) is 10.7. The van der Waals surface area contributed by atoms with Crippen LogP contribution in [0.2, 0.25) is 0 Å². The highest BCUT2D eigenvalue weighted by Gasteiger charge is 2.06. The number of guanidine groups is 1. The topological polar surface area (TPSA) is 84.6 Å². The molecule has 0 unspecified atom stereocenters. The summed E-state index contributed by atoms with van der Waals surface area (Å²) >= 11 is 0. The van der Waals surface area contributed by atoms with Gasteiger partial charge in [0, 0.05) is 35.9 Å². The van der Waals surface area contributed by atoms with Gasteiger partial charge < -0.3 is 25.8 Å². The summed E-state index contributed by atoms with van der Waals surface area (Å²) in [6.45, 7) is 4.51. The summed E-state index contributed by atoms with van der Waals surface area (Å²) in [4.78, 5) is 21.8. The second-order valence-corrected chi connectivity index (χ2v) is 7.72. The largest absolute Gasteiger partial charge is 0.361 e. The first-order valence-corrected chi connectivity index (χ1v) is 10.7. The molecule has 0 aliphatic rings. The second kappa shape index (κ2) is 11.2. The predicted molar refractivity (Wildman–Crippen MR) is 128 cm³/mol. The minimum absolute atomic E-state index is 0.0297. The van der Waals surface area contributed by atoms with E-state index in [0.29, 0.717) is 13.1 Å². The number of aromatic nitrogens is 1. The normalized spacial score (nSPS) is 11.7. The molecule has 3 rings (SSSR count). The van der Waals surface area contributed by atoms with Crippen LogP contribution in [-0.2, 0) is 17.8 Å². The number of aromatic amines is 1. The Morgan fingerprint density at radius 1 is 1.10 bits per heavy atom. The first-order chi connectivity index (χ1) is 15.0. The van der Waals surface area contributed by atoms with E-state index in [9.17, 15) is 4.79 Å². The lowest BCUT2D eigenvalue weighted by Gasteiger charge is -2.12. The third kappa shape index (κ3) is 6.86. The van der Waals surface area contributed by atoms with E-state index < -0.39 is 0 Å². The average molecular weight is 421 g/mol. The molecule has 7 heteroatoms. The van der Waals surface area contributed by atoms with Crippen LogP contribution in [-0.4, -0.2) is 55.5 Å². The number of fused-ring (bicyclic) bond motifs is 1. The number of hydrogen-bond donors (Lipinski definition) is 4. The van der Waals surface area contributed by atoms with Crippen LogP contribution < -0.4 is 16.0 Å². The van der Waals surface area contributed by atoms with Crippen LogP contribution in [0.3, 0.4) is 0 Å². The molecule has 0 aliphatic heterocycles. The molecule has 1 amide bonds. The number of carbonyl (C=O) groups is 1. The highest BCUT2D eigenvalue weighted by Crippen LogP contribution is 2.17. The monoisotopic (exact) mass is 420 g/mol. The van der Waals surface area contributed by atoms with Crippen molar-refractivity contribution in [3.8, 4) is 0 Å². The molecule has 1 heterocycles. The summed E-state index contributed by atoms with van der Waals surface area (Å²) in [5.41, 5.74) is 4.28. The fourth-order valence-electron chi connectivity index (χ4n) is 3.40. The first kappa shape index (κ1) is 22.4. The van der Waals surface area contributed by atoms with Gasteiger partial charge in [-0.2, -0.15) is 0 Å². The van der Waals surface area contributed by atoms with E-state index in [1.165, 1.54) is 10.9 Å². The Morgan fingerprint density at radius 3 is 2.74 bits per heavy atom. The van der Waals surface area contributed by atoms with Crippen molar-refractivity contribution in [1.29, 1.82) is 0 Å². The Kier molecular flexibility index (Phi) is 8.06. The molecule has 2 aromatic carbocycles. The molecule has 0 saturated carbocycles. The van der Waals surface area contributed by atoms with E-state index in [0.717, 1.165) is 42.2 Å². The maximum atomic E-state index is 12.0. The van der Waals surface area contributed by atoms with Crippen molar-refractivity contribution < 1.29 is 4.79 Å². The standard InChI is InChI=1S/C24H32N6O/c1-4-25-24(26-13-12-19-16-27-22-11-6-5-10-21(19)22)28-15-18-8-7-9-20(14-18)29-23(31)17-30(2)3/h5-11,14,16,27H,4,12-13,15,17H2,1-3H3,(H,29,31)(H2,25,26,28). The molecule has 4 N–H and O–H groups in total. The Hall–Kier alpha value is -3.32. The van der Waals surface area contributed by atoms with Crippen molar-refractivity contribution in [3.63, 3.8) is 0 Å². The summed E-state index contributed by atoms with van der Waals surface area (Å²) in [6, 6.07) is 16.2. The molecular formula is C24H32N6O. The third-order valence-corrected chi connectivity index (χ3v) is 4.80. The molecule has 0 bridgehead atoms. The van der Waals surface area contributed by atoms with E-state index >= 15 is 0 Å². The second-order valence-electron chi connectivity index (χ2n) is 7.72. The number of carbonyl (C=O) groups excluding carboxylic acids is 1. The number of anilines is 1. The van der Waals surface area contributed by atoms with E-state index in [-0.39, 0.29) is 5.91 Å². The van der Waals surface area contributed by atoms with Crippen LogP contribution in [0.5, 0.6) is 0 Å². The quantitative estimate of drug-likeness (QED) is 0.317. The van der Waals surface area contributed by atoms with Gasteiger partial charge in [-0.3, -0.25) is 4.79 Å². The number of para-hydroxylation sites is 1. The number of likely N-dealkylation sites (N-methyl/N-ethyl adjacent to an activating group) is 1. The van der Waals surface area contributed by atoms with Crippen LogP contribution in [0.1, 0.15) is 18.1 Å². The summed E-state index contributed by atoms with van der Waals surface area (Å²) in [5, 5.41) is 10.9. The summed E-state index contributed by atoms with van der Waals surface area (Å²) in [7, 11) is 3.75. The smallest absolute Gasteiger partial charge is 0.238 e. The average Bonchev–Trinajstić information content (AvgIpc) is 3.15. The number of benzene rings is 2. The van der Waals surface area contributed by atoms with Gasteiger partial charge in [0.1, 0.15) is 0 Å². The molecule has 0 saturated heterocycles. The predicted octanol–water partition coefficient (Wildman–Crippen LogP) is 2.97. The van der Waals surface area contributed by atoms with Gasteiger partial charge in [-0.15, -0.1) is 0 Å². The zero-order valence-electron chi connectivity index (χ0n) is 18.5. The van der Waals surface area contributed by atoms with Gasteiger partial charge in [0.25, 0.3) is 0 Å². The summed E-state index contributed by atoms with van der Waals surface area (Å²) in [5.74, 6) is 0.752. The lowest BCUT2D eigenvalue weighted by molar-refractivity contribution is -0.116. The number of amides is 1. The zero-order valence-corrected chi connectivity index (χ0v) is 18.5. The van der Waals surface area contributed by atoms with Crippen LogP contribution >= 0.6 is 0 Å². The lowest BCUT2D eigenvalue weighted by Crippen LogP contribution is -2.38. The SMILES string of the molecule is CCNC(=NCc1cccc(NC(=O)CN(C)C)c1)NCCc1c[nH]c2ccccc12. The summed E-state index contributed by atoms with van der Waals surface area (Å²) < 4.78 is 0. The Bertz CT molecular complexity index is 1020. The molecule has 0 radical (unpaired) electrons. The van der Waals surface area contributed by atoms with Crippen LogP contribution in [0, 0.1) is 0 Å². The Morgan fingerprint density at radius 2 is 1.94 bits per heavy atom. The number of nitrogens with one attached hydrogen (secondary N) is 4. The number of H-pyrrole nitrogens is 1. The number of nitrogens with zero attached hydrogens (tertiary/aromatic N) is 2. The van der Waals surface area contributed by atoms with E-state index in [4.69, 9.17) is 4.99 Å². The van der Waals surface area contributed by atoms with Gasteiger partial charge in [0.05, 0.1) is 13.1 Å². The van der Waals surface area contributed by atoms with Gasteiger partial charge >= 0.3 is 0 Å². The van der Waals surface area contributed by atoms with Gasteiger partial charge in [-0.1, -0.05) is 30.3 Å². The third-order valence-electron chi connectivity index (χ3n) is 4.80. The van der Waals surface area contributed by atoms with Gasteiger partial charge in [-0.05, 0) is 56.8 Å². The molecule has 0 atom stereocenters. The highest BCUT2D eigenvalue weighted by molar-refractivity contribution is 5.92. The van der Waals surface area contributed by atoms with E-state index in [1.54, 1.807) is 0 Å².